The molecule has 0 aliphatic carbocycles. The molecule has 0 radical (unpaired) electrons. The molecule has 0 bridgehead atoms. The van der Waals surface area contributed by atoms with Crippen molar-refractivity contribution in [2.24, 2.45) is 0 Å². The second-order valence-corrected chi connectivity index (χ2v) is 9.16. The number of rotatable bonds is 5. The molecule has 8 heteroatoms. The molecule has 0 aliphatic heterocycles. The summed E-state index contributed by atoms with van der Waals surface area (Å²) in [6.07, 6.45) is 5.46. The third-order valence-electron chi connectivity index (χ3n) is 5.46. The number of aromatic nitrogens is 6. The lowest BCUT2D eigenvalue weighted by molar-refractivity contribution is 0.898. The first-order valence-corrected chi connectivity index (χ1v) is 11.6. The molecule has 0 unspecified atom stereocenters. The Bertz CT molecular complexity index is 1580. The highest BCUT2D eigenvalue weighted by Crippen LogP contribution is 2.34. The number of thiophene rings is 1. The Balaban J connectivity index is 1.45. The summed E-state index contributed by atoms with van der Waals surface area (Å²) in [4.78, 5) is 18.6. The van der Waals surface area contributed by atoms with Crippen LogP contribution in [0.4, 0.5) is 5.69 Å². The van der Waals surface area contributed by atoms with Gasteiger partial charge in [-0.25, -0.2) is 4.98 Å². The summed E-state index contributed by atoms with van der Waals surface area (Å²) in [6.45, 7) is 4.21. The highest BCUT2D eigenvalue weighted by atomic mass is 32.1. The van der Waals surface area contributed by atoms with E-state index < -0.39 is 0 Å². The van der Waals surface area contributed by atoms with Gasteiger partial charge in [-0.15, -0.1) is 11.3 Å². The van der Waals surface area contributed by atoms with E-state index in [1.807, 2.05) is 30.7 Å². The molecule has 3 N–H and O–H groups in total. The molecule has 0 fully saturated rings. The molecule has 162 valence electrons. The van der Waals surface area contributed by atoms with E-state index in [0.717, 1.165) is 56.0 Å². The van der Waals surface area contributed by atoms with Gasteiger partial charge in [0.1, 0.15) is 5.69 Å². The van der Waals surface area contributed by atoms with Crippen molar-refractivity contribution in [2.75, 3.05) is 5.32 Å². The van der Waals surface area contributed by atoms with Crippen LogP contribution in [-0.4, -0.2) is 36.2 Å². The number of H-pyrrole nitrogens is 2. The van der Waals surface area contributed by atoms with Gasteiger partial charge in [-0.05, 0) is 43.5 Å². The highest BCUT2D eigenvalue weighted by Gasteiger charge is 2.16. The number of imidazole rings is 1. The van der Waals surface area contributed by atoms with Gasteiger partial charge < -0.3 is 10.3 Å². The lowest BCUT2D eigenvalue weighted by Crippen LogP contribution is -2.09. The molecule has 6 aromatic rings. The topological polar surface area (TPSA) is 95.2 Å². The largest absolute Gasteiger partial charge is 0.382 e. The second kappa shape index (κ2) is 7.83. The van der Waals surface area contributed by atoms with Gasteiger partial charge in [-0.3, -0.25) is 15.1 Å². The van der Waals surface area contributed by atoms with E-state index >= 15 is 0 Å². The number of nitrogens with one attached hydrogen (secondary N) is 3. The number of anilines is 1. The maximum atomic E-state index is 4.94. The monoisotopic (exact) mass is 451 g/mol. The van der Waals surface area contributed by atoms with Gasteiger partial charge in [-0.1, -0.05) is 18.2 Å². The molecule has 5 aromatic heterocycles. The molecular weight excluding hydrogens is 430 g/mol. The normalized spacial score (nSPS) is 11.6. The van der Waals surface area contributed by atoms with Crippen LogP contribution in [0.15, 0.2) is 66.4 Å². The molecule has 33 heavy (non-hydrogen) atoms. The zero-order valence-corrected chi connectivity index (χ0v) is 18.9. The third-order valence-corrected chi connectivity index (χ3v) is 6.36. The minimum absolute atomic E-state index is 0.324. The number of hydrogen-bond acceptors (Lipinski definition) is 6. The summed E-state index contributed by atoms with van der Waals surface area (Å²) in [7, 11) is 0. The summed E-state index contributed by atoms with van der Waals surface area (Å²) in [6, 6.07) is 14.8. The molecule has 1 aromatic carbocycles. The number of benzene rings is 1. The summed E-state index contributed by atoms with van der Waals surface area (Å²) < 4.78 is 0. The highest BCUT2D eigenvalue weighted by molar-refractivity contribution is 7.13. The SMILES string of the molecule is CC(C)Nc1cncc(-c2cc3c(-c4nc5c(-c6cccs6)cccc5[nH]4)n[nH]c3cn2)c1. The minimum atomic E-state index is 0.324. The number of fused-ring (bicyclic) bond motifs is 2. The zero-order chi connectivity index (χ0) is 22.4. The van der Waals surface area contributed by atoms with Crippen LogP contribution in [-0.2, 0) is 0 Å². The average molecular weight is 452 g/mol. The molecule has 0 saturated heterocycles. The van der Waals surface area contributed by atoms with Crippen molar-refractivity contribution >= 4 is 39.0 Å². The maximum Gasteiger partial charge on any atom is 0.159 e. The van der Waals surface area contributed by atoms with Crippen LogP contribution in [0.3, 0.4) is 0 Å². The van der Waals surface area contributed by atoms with Crippen LogP contribution in [0, 0.1) is 0 Å². The number of nitrogens with zero attached hydrogens (tertiary/aromatic N) is 4. The van der Waals surface area contributed by atoms with E-state index in [-0.39, 0.29) is 0 Å². The molecule has 0 aliphatic rings. The van der Waals surface area contributed by atoms with Crippen LogP contribution < -0.4 is 5.32 Å². The number of hydrogen-bond donors (Lipinski definition) is 3. The van der Waals surface area contributed by atoms with E-state index in [1.54, 1.807) is 11.3 Å². The lowest BCUT2D eigenvalue weighted by Gasteiger charge is -2.10. The fraction of sp³-hybridized carbons (Fsp3) is 0.120. The summed E-state index contributed by atoms with van der Waals surface area (Å²) in [5.74, 6) is 0.728. The molecule has 0 saturated carbocycles. The van der Waals surface area contributed by atoms with E-state index in [4.69, 9.17) is 4.98 Å². The van der Waals surface area contributed by atoms with Crippen molar-refractivity contribution in [1.82, 2.24) is 30.1 Å². The molecule has 6 rings (SSSR count). The van der Waals surface area contributed by atoms with Crippen molar-refractivity contribution < 1.29 is 0 Å². The van der Waals surface area contributed by atoms with Crippen molar-refractivity contribution in [1.29, 1.82) is 0 Å². The third kappa shape index (κ3) is 3.54. The van der Waals surface area contributed by atoms with Crippen LogP contribution in [0.5, 0.6) is 0 Å². The zero-order valence-electron chi connectivity index (χ0n) is 18.1. The van der Waals surface area contributed by atoms with Gasteiger partial charge in [-0.2, -0.15) is 5.10 Å². The van der Waals surface area contributed by atoms with Gasteiger partial charge in [0.15, 0.2) is 5.82 Å². The molecule has 0 spiro atoms. The minimum Gasteiger partial charge on any atom is -0.382 e. The van der Waals surface area contributed by atoms with Crippen molar-refractivity contribution in [3.05, 3.63) is 66.4 Å². The lowest BCUT2D eigenvalue weighted by atomic mass is 10.1. The predicted molar refractivity (Wildman–Crippen MR) is 134 cm³/mol. The van der Waals surface area contributed by atoms with E-state index in [1.165, 1.54) is 4.88 Å². The van der Waals surface area contributed by atoms with Gasteiger partial charge in [0.25, 0.3) is 0 Å². The Morgan fingerprint density at radius 1 is 1.00 bits per heavy atom. The van der Waals surface area contributed by atoms with Crippen LogP contribution in [0.1, 0.15) is 13.8 Å². The van der Waals surface area contributed by atoms with E-state index in [2.05, 4.69) is 80.0 Å². The van der Waals surface area contributed by atoms with Crippen molar-refractivity contribution in [2.45, 2.75) is 19.9 Å². The Hall–Kier alpha value is -4.04. The Labute approximate surface area is 194 Å². The first-order chi connectivity index (χ1) is 16.2. The van der Waals surface area contributed by atoms with Gasteiger partial charge >= 0.3 is 0 Å². The quantitative estimate of drug-likeness (QED) is 0.294. The van der Waals surface area contributed by atoms with Gasteiger partial charge in [0.05, 0.1) is 34.1 Å². The molecule has 7 nitrogen and oxygen atoms in total. The van der Waals surface area contributed by atoms with Gasteiger partial charge in [0, 0.05) is 39.8 Å². The standard InChI is InChI=1S/C25H21N7S/c1-14(2)28-16-9-15(11-26-12-16)20-10-18-21(13-27-20)31-32-24(18)25-29-19-6-3-5-17(23(19)30-25)22-7-4-8-33-22/h3-14,28H,1-2H3,(H,29,30)(H,31,32). The summed E-state index contributed by atoms with van der Waals surface area (Å²) in [5, 5.41) is 14.1. The smallest absolute Gasteiger partial charge is 0.159 e. The Morgan fingerprint density at radius 2 is 1.94 bits per heavy atom. The molecular formula is C25H21N7S. The van der Waals surface area contributed by atoms with Gasteiger partial charge in [0.2, 0.25) is 0 Å². The number of aromatic amines is 2. The maximum absolute atomic E-state index is 4.94. The summed E-state index contributed by atoms with van der Waals surface area (Å²) >= 11 is 1.71. The molecule has 0 atom stereocenters. The first kappa shape index (κ1) is 19.6. The number of pyridine rings is 2. The van der Waals surface area contributed by atoms with Crippen molar-refractivity contribution in [3.8, 4) is 33.2 Å². The summed E-state index contributed by atoms with van der Waals surface area (Å²) in [5.41, 5.74) is 7.42. The van der Waals surface area contributed by atoms with Crippen molar-refractivity contribution in [3.63, 3.8) is 0 Å². The predicted octanol–water partition coefficient (Wildman–Crippen LogP) is 6.11. The van der Waals surface area contributed by atoms with Crippen LogP contribution >= 0.6 is 11.3 Å². The van der Waals surface area contributed by atoms with E-state index in [0.29, 0.717) is 6.04 Å². The second-order valence-electron chi connectivity index (χ2n) is 8.21. The first-order valence-electron chi connectivity index (χ1n) is 10.7. The number of para-hydroxylation sites is 1. The van der Waals surface area contributed by atoms with Crippen LogP contribution in [0.25, 0.3) is 55.2 Å². The fourth-order valence-corrected chi connectivity index (χ4v) is 4.77. The fourth-order valence-electron chi connectivity index (χ4n) is 4.02. The molecule has 5 heterocycles. The average Bonchev–Trinajstić information content (AvgIpc) is 3.57. The molecule has 0 amide bonds. The Morgan fingerprint density at radius 3 is 2.79 bits per heavy atom. The van der Waals surface area contributed by atoms with E-state index in [9.17, 15) is 0 Å². The Kier molecular flexibility index (Phi) is 4.66. The van der Waals surface area contributed by atoms with Crippen LogP contribution in [0.2, 0.25) is 0 Å².